The van der Waals surface area contributed by atoms with Gasteiger partial charge in [0.2, 0.25) is 0 Å². The topological polar surface area (TPSA) is 53.9 Å². The minimum atomic E-state index is -0.378. The molecule has 0 radical (unpaired) electrons. The lowest BCUT2D eigenvalue weighted by Crippen LogP contribution is -2.33. The fourth-order valence-electron chi connectivity index (χ4n) is 2.28. The second-order valence-corrected chi connectivity index (χ2v) is 6.02. The van der Waals surface area contributed by atoms with Crippen molar-refractivity contribution in [2.45, 2.75) is 4.90 Å². The van der Waals surface area contributed by atoms with Gasteiger partial charge in [-0.15, -0.1) is 11.8 Å². The molecule has 2 amide bonds. The summed E-state index contributed by atoms with van der Waals surface area (Å²) < 4.78 is 5.09. The molecule has 0 saturated carbocycles. The van der Waals surface area contributed by atoms with Crippen LogP contribution in [0, 0.1) is 0 Å². The first-order valence-electron chi connectivity index (χ1n) is 7.15. The van der Waals surface area contributed by atoms with Crippen molar-refractivity contribution in [2.24, 2.45) is 4.99 Å². The van der Waals surface area contributed by atoms with E-state index in [0.29, 0.717) is 11.4 Å². The highest BCUT2D eigenvalue weighted by Gasteiger charge is 2.20. The van der Waals surface area contributed by atoms with Crippen LogP contribution in [0.2, 0.25) is 0 Å². The van der Waals surface area contributed by atoms with Crippen molar-refractivity contribution < 1.29 is 9.53 Å². The lowest BCUT2D eigenvalue weighted by molar-refractivity contribution is 0.259. The highest BCUT2D eigenvalue weighted by atomic mass is 32.2. The number of aliphatic imine (C=N–C) groups is 1. The molecule has 0 unspecified atom stereocenters. The molecule has 0 spiro atoms. The van der Waals surface area contributed by atoms with Gasteiger partial charge in [0.05, 0.1) is 18.6 Å². The molecule has 0 saturated heterocycles. The number of urea groups is 1. The zero-order valence-corrected chi connectivity index (χ0v) is 13.8. The van der Waals surface area contributed by atoms with Crippen LogP contribution in [0.25, 0.3) is 0 Å². The lowest BCUT2D eigenvalue weighted by atomic mass is 10.3. The summed E-state index contributed by atoms with van der Waals surface area (Å²) in [5.74, 6) is 2.15. The SMILES string of the molecule is COc1ccc(NC(=O)N=C2CSc3ccccc3N2C)cc1. The van der Waals surface area contributed by atoms with Crippen molar-refractivity contribution >= 4 is 35.0 Å². The third-order valence-corrected chi connectivity index (χ3v) is 4.60. The quantitative estimate of drug-likeness (QED) is 0.910. The Balaban J connectivity index is 1.72. The normalized spacial score (nSPS) is 15.2. The number of ether oxygens (including phenoxy) is 1. The maximum Gasteiger partial charge on any atom is 0.347 e. The molecule has 3 rings (SSSR count). The largest absolute Gasteiger partial charge is 0.497 e. The zero-order valence-electron chi connectivity index (χ0n) is 12.9. The number of nitrogens with one attached hydrogen (secondary N) is 1. The van der Waals surface area contributed by atoms with Gasteiger partial charge in [0, 0.05) is 17.6 Å². The van der Waals surface area contributed by atoms with E-state index in [-0.39, 0.29) is 6.03 Å². The second kappa shape index (κ2) is 6.75. The number of carbonyl (C=O) groups is 1. The zero-order chi connectivity index (χ0) is 16.2. The number of amides is 2. The smallest absolute Gasteiger partial charge is 0.347 e. The minimum absolute atomic E-state index is 0.378. The van der Waals surface area contributed by atoms with Crippen molar-refractivity contribution in [3.05, 3.63) is 48.5 Å². The van der Waals surface area contributed by atoms with Crippen molar-refractivity contribution in [1.82, 2.24) is 0 Å². The number of para-hydroxylation sites is 1. The average molecular weight is 327 g/mol. The molecular formula is C17H17N3O2S. The molecule has 1 aliphatic rings. The van der Waals surface area contributed by atoms with Crippen LogP contribution in [0.5, 0.6) is 5.75 Å². The molecule has 0 bridgehead atoms. The van der Waals surface area contributed by atoms with Crippen molar-refractivity contribution in [3.63, 3.8) is 0 Å². The third kappa shape index (κ3) is 3.48. The van der Waals surface area contributed by atoms with Gasteiger partial charge in [-0.25, -0.2) is 4.79 Å². The number of methoxy groups -OCH3 is 1. The van der Waals surface area contributed by atoms with Crippen molar-refractivity contribution in [1.29, 1.82) is 0 Å². The standard InChI is InChI=1S/C17H17N3O2S/c1-20-14-5-3-4-6-15(14)23-11-16(20)19-17(21)18-12-7-9-13(22-2)10-8-12/h3-10H,11H2,1-2H3,(H,18,21). The minimum Gasteiger partial charge on any atom is -0.497 e. The highest BCUT2D eigenvalue weighted by Crippen LogP contribution is 2.34. The lowest BCUT2D eigenvalue weighted by Gasteiger charge is -2.28. The van der Waals surface area contributed by atoms with E-state index in [4.69, 9.17) is 4.74 Å². The fraction of sp³-hybridized carbons (Fsp3) is 0.176. The van der Waals surface area contributed by atoms with Gasteiger partial charge >= 0.3 is 6.03 Å². The summed E-state index contributed by atoms with van der Waals surface area (Å²) in [4.78, 5) is 19.5. The summed E-state index contributed by atoms with van der Waals surface area (Å²) in [6, 6.07) is 14.9. The number of thioether (sulfide) groups is 1. The van der Waals surface area contributed by atoms with E-state index < -0.39 is 0 Å². The number of anilines is 2. The van der Waals surface area contributed by atoms with Crippen molar-refractivity contribution in [2.75, 3.05) is 30.1 Å². The predicted molar refractivity (Wildman–Crippen MR) is 95.0 cm³/mol. The number of fused-ring (bicyclic) bond motifs is 1. The maximum atomic E-state index is 12.1. The second-order valence-electron chi connectivity index (χ2n) is 5.00. The molecule has 2 aromatic rings. The number of nitrogens with zero attached hydrogens (tertiary/aromatic N) is 2. The van der Waals surface area contributed by atoms with Gasteiger partial charge in [0.15, 0.2) is 0 Å². The van der Waals surface area contributed by atoms with Crippen LogP contribution >= 0.6 is 11.8 Å². The summed E-state index contributed by atoms with van der Waals surface area (Å²) in [6.07, 6.45) is 0. The molecule has 0 atom stereocenters. The Morgan fingerprint density at radius 3 is 2.70 bits per heavy atom. The van der Waals surface area contributed by atoms with Crippen LogP contribution in [0.1, 0.15) is 0 Å². The van der Waals surface area contributed by atoms with E-state index in [1.165, 1.54) is 4.90 Å². The number of amidine groups is 1. The van der Waals surface area contributed by atoms with Gasteiger partial charge in [0.25, 0.3) is 0 Å². The van der Waals surface area contributed by atoms with Crippen LogP contribution in [0.15, 0.2) is 58.4 Å². The van der Waals surface area contributed by atoms with E-state index >= 15 is 0 Å². The van der Waals surface area contributed by atoms with E-state index in [0.717, 1.165) is 17.3 Å². The molecular weight excluding hydrogens is 310 g/mol. The molecule has 0 fully saturated rings. The van der Waals surface area contributed by atoms with Crippen LogP contribution in [0.4, 0.5) is 16.2 Å². The van der Waals surface area contributed by atoms with Gasteiger partial charge in [-0.2, -0.15) is 4.99 Å². The molecule has 1 aliphatic heterocycles. The molecule has 5 nitrogen and oxygen atoms in total. The Morgan fingerprint density at radius 1 is 1.22 bits per heavy atom. The van der Waals surface area contributed by atoms with Crippen LogP contribution in [-0.4, -0.2) is 31.8 Å². The number of hydrogen-bond acceptors (Lipinski definition) is 3. The Kier molecular flexibility index (Phi) is 4.52. The van der Waals surface area contributed by atoms with Gasteiger partial charge in [-0.05, 0) is 36.4 Å². The van der Waals surface area contributed by atoms with Crippen LogP contribution in [-0.2, 0) is 0 Å². The molecule has 0 aromatic heterocycles. The number of hydrogen-bond donors (Lipinski definition) is 1. The Labute approximate surface area is 139 Å². The predicted octanol–water partition coefficient (Wildman–Crippen LogP) is 3.87. The number of benzene rings is 2. The molecule has 2 aromatic carbocycles. The van der Waals surface area contributed by atoms with Gasteiger partial charge < -0.3 is 15.0 Å². The summed E-state index contributed by atoms with van der Waals surface area (Å²) in [5.41, 5.74) is 1.76. The van der Waals surface area contributed by atoms with Crippen LogP contribution in [0.3, 0.4) is 0 Å². The first kappa shape index (κ1) is 15.4. The molecule has 1 heterocycles. The summed E-state index contributed by atoms with van der Waals surface area (Å²) in [5, 5.41) is 2.77. The summed E-state index contributed by atoms with van der Waals surface area (Å²) in [6.45, 7) is 0. The Morgan fingerprint density at radius 2 is 1.96 bits per heavy atom. The number of rotatable bonds is 2. The van der Waals surface area contributed by atoms with E-state index in [1.807, 2.05) is 30.1 Å². The van der Waals surface area contributed by atoms with Gasteiger partial charge in [0.1, 0.15) is 11.6 Å². The van der Waals surface area contributed by atoms with Gasteiger partial charge in [-0.3, -0.25) is 0 Å². The molecule has 23 heavy (non-hydrogen) atoms. The van der Waals surface area contributed by atoms with E-state index in [9.17, 15) is 4.79 Å². The highest BCUT2D eigenvalue weighted by molar-refractivity contribution is 8.00. The molecule has 118 valence electrons. The maximum absolute atomic E-state index is 12.1. The number of carbonyl (C=O) groups excluding carboxylic acids is 1. The van der Waals surface area contributed by atoms with Crippen molar-refractivity contribution in [3.8, 4) is 5.75 Å². The van der Waals surface area contributed by atoms with E-state index in [2.05, 4.69) is 16.4 Å². The first-order chi connectivity index (χ1) is 11.2. The average Bonchev–Trinajstić information content (AvgIpc) is 2.58. The monoisotopic (exact) mass is 327 g/mol. The fourth-order valence-corrected chi connectivity index (χ4v) is 3.36. The molecule has 6 heteroatoms. The molecule has 0 aliphatic carbocycles. The first-order valence-corrected chi connectivity index (χ1v) is 8.14. The molecule has 1 N–H and O–H groups in total. The Bertz CT molecular complexity index is 744. The summed E-state index contributed by atoms with van der Waals surface area (Å²) in [7, 11) is 3.53. The summed E-state index contributed by atoms with van der Waals surface area (Å²) >= 11 is 1.68. The van der Waals surface area contributed by atoms with Gasteiger partial charge in [-0.1, -0.05) is 12.1 Å². The Hall–Kier alpha value is -2.47. The van der Waals surface area contributed by atoms with E-state index in [1.54, 1.807) is 43.1 Å². The third-order valence-electron chi connectivity index (χ3n) is 3.54. The van der Waals surface area contributed by atoms with Crippen LogP contribution < -0.4 is 15.0 Å².